The monoisotopic (exact) mass is 425 g/mol. The van der Waals surface area contributed by atoms with Crippen LogP contribution in [0.3, 0.4) is 0 Å². The van der Waals surface area contributed by atoms with Crippen LogP contribution < -0.4 is 5.32 Å². The zero-order valence-electron chi connectivity index (χ0n) is 16.9. The third-order valence-corrected chi connectivity index (χ3v) is 6.15. The molecule has 5 rings (SSSR count). The van der Waals surface area contributed by atoms with Crippen LogP contribution in [0.1, 0.15) is 45.8 Å². The van der Waals surface area contributed by atoms with Crippen LogP contribution in [0.25, 0.3) is 11.3 Å². The standard InChI is InChI=1S/C23H24ClN3O3/c1-14-20-19(30-22(14)23(28)25-11-18-3-2-10-29-18)9-6-16-13-27(26-21(16)20)12-15-4-7-17(24)8-5-15/h4-5,7-8,13,18H,2-3,6,9-12H2,1H3,(H,25,28)/t18-/m0/s1. The highest BCUT2D eigenvalue weighted by atomic mass is 35.5. The lowest BCUT2D eigenvalue weighted by Gasteiger charge is -2.10. The van der Waals surface area contributed by atoms with Gasteiger partial charge in [0.2, 0.25) is 0 Å². The van der Waals surface area contributed by atoms with E-state index in [9.17, 15) is 4.79 Å². The van der Waals surface area contributed by atoms with Crippen molar-refractivity contribution in [2.45, 2.75) is 45.3 Å². The van der Waals surface area contributed by atoms with Gasteiger partial charge in [-0.3, -0.25) is 9.48 Å². The summed E-state index contributed by atoms with van der Waals surface area (Å²) < 4.78 is 13.5. The number of carbonyl (C=O) groups is 1. The molecule has 2 aliphatic rings. The summed E-state index contributed by atoms with van der Waals surface area (Å²) in [6.45, 7) is 3.91. The molecule has 0 saturated carbocycles. The van der Waals surface area contributed by atoms with E-state index < -0.39 is 0 Å². The molecular weight excluding hydrogens is 402 g/mol. The van der Waals surface area contributed by atoms with Crippen molar-refractivity contribution in [1.29, 1.82) is 0 Å². The number of aryl methyl sites for hydroxylation is 2. The minimum absolute atomic E-state index is 0.106. The maximum Gasteiger partial charge on any atom is 0.287 e. The van der Waals surface area contributed by atoms with Crippen molar-refractivity contribution in [3.8, 4) is 11.3 Å². The number of hydrogen-bond acceptors (Lipinski definition) is 4. The molecule has 6 nitrogen and oxygen atoms in total. The lowest BCUT2D eigenvalue weighted by atomic mass is 9.93. The number of carbonyl (C=O) groups excluding carboxylic acids is 1. The van der Waals surface area contributed by atoms with Gasteiger partial charge in [0, 0.05) is 41.9 Å². The molecule has 1 saturated heterocycles. The average Bonchev–Trinajstić information content (AvgIpc) is 3.46. The molecule has 0 radical (unpaired) electrons. The predicted molar refractivity (Wildman–Crippen MR) is 114 cm³/mol. The number of amides is 1. The molecule has 3 heterocycles. The van der Waals surface area contributed by atoms with Crippen LogP contribution in [0.15, 0.2) is 34.9 Å². The van der Waals surface area contributed by atoms with Gasteiger partial charge in [-0.1, -0.05) is 23.7 Å². The molecule has 1 N–H and O–H groups in total. The average molecular weight is 426 g/mol. The SMILES string of the molecule is Cc1c(C(=O)NC[C@@H]2CCCO2)oc2c1-c1nn(Cc3ccc(Cl)cc3)cc1CC2. The smallest absolute Gasteiger partial charge is 0.287 e. The quantitative estimate of drug-likeness (QED) is 0.666. The molecule has 0 bridgehead atoms. The van der Waals surface area contributed by atoms with Crippen LogP contribution in [0, 0.1) is 6.92 Å². The number of ether oxygens (including phenoxy) is 1. The zero-order valence-corrected chi connectivity index (χ0v) is 17.7. The van der Waals surface area contributed by atoms with Crippen LogP contribution in [0.4, 0.5) is 0 Å². The van der Waals surface area contributed by atoms with Crippen molar-refractivity contribution in [3.63, 3.8) is 0 Å². The number of furan rings is 1. The number of benzene rings is 1. The minimum atomic E-state index is -0.181. The Morgan fingerprint density at radius 3 is 2.90 bits per heavy atom. The summed E-state index contributed by atoms with van der Waals surface area (Å²) in [6.07, 6.45) is 5.87. The summed E-state index contributed by atoms with van der Waals surface area (Å²) >= 11 is 5.99. The van der Waals surface area contributed by atoms with Gasteiger partial charge >= 0.3 is 0 Å². The lowest BCUT2D eigenvalue weighted by molar-refractivity contribution is 0.0833. The van der Waals surface area contributed by atoms with E-state index in [1.54, 1.807) is 0 Å². The van der Waals surface area contributed by atoms with Gasteiger partial charge in [0.25, 0.3) is 5.91 Å². The highest BCUT2D eigenvalue weighted by Crippen LogP contribution is 2.38. The fourth-order valence-corrected chi connectivity index (χ4v) is 4.46. The lowest BCUT2D eigenvalue weighted by Crippen LogP contribution is -2.31. The zero-order chi connectivity index (χ0) is 20.7. The Morgan fingerprint density at radius 1 is 1.30 bits per heavy atom. The Labute approximate surface area is 180 Å². The van der Waals surface area contributed by atoms with E-state index >= 15 is 0 Å². The number of hydrogen-bond donors (Lipinski definition) is 1. The van der Waals surface area contributed by atoms with Gasteiger partial charge in [-0.25, -0.2) is 0 Å². The van der Waals surface area contributed by atoms with Crippen LogP contribution in [-0.4, -0.2) is 34.9 Å². The fraction of sp³-hybridized carbons (Fsp3) is 0.391. The Hall–Kier alpha value is -2.57. The molecule has 1 aliphatic carbocycles. The topological polar surface area (TPSA) is 69.3 Å². The maximum absolute atomic E-state index is 12.7. The number of fused-ring (bicyclic) bond motifs is 3. The van der Waals surface area contributed by atoms with Crippen molar-refractivity contribution in [2.24, 2.45) is 0 Å². The first-order chi connectivity index (χ1) is 14.6. The molecule has 3 aromatic rings. The van der Waals surface area contributed by atoms with Crippen molar-refractivity contribution in [2.75, 3.05) is 13.2 Å². The van der Waals surface area contributed by atoms with E-state index in [-0.39, 0.29) is 12.0 Å². The van der Waals surface area contributed by atoms with Crippen LogP contribution in [-0.2, 0) is 24.1 Å². The summed E-state index contributed by atoms with van der Waals surface area (Å²) in [6, 6.07) is 7.79. The van der Waals surface area contributed by atoms with Gasteiger partial charge in [-0.15, -0.1) is 0 Å². The molecule has 156 valence electrons. The third kappa shape index (κ3) is 3.66. The number of nitrogens with zero attached hydrogens (tertiary/aromatic N) is 2. The minimum Gasteiger partial charge on any atom is -0.455 e. The highest BCUT2D eigenvalue weighted by Gasteiger charge is 2.30. The Morgan fingerprint density at radius 2 is 2.13 bits per heavy atom. The first-order valence-electron chi connectivity index (χ1n) is 10.4. The highest BCUT2D eigenvalue weighted by molar-refractivity contribution is 6.30. The van der Waals surface area contributed by atoms with E-state index in [4.69, 9.17) is 25.9 Å². The second-order valence-electron chi connectivity index (χ2n) is 8.03. The van der Waals surface area contributed by atoms with E-state index in [0.29, 0.717) is 18.8 Å². The van der Waals surface area contributed by atoms with E-state index in [0.717, 1.165) is 65.5 Å². The molecule has 0 unspecified atom stereocenters. The molecule has 1 atom stereocenters. The summed E-state index contributed by atoms with van der Waals surface area (Å²) in [4.78, 5) is 12.7. The van der Waals surface area contributed by atoms with Crippen molar-refractivity contribution in [1.82, 2.24) is 15.1 Å². The summed E-state index contributed by atoms with van der Waals surface area (Å²) in [7, 11) is 0. The maximum atomic E-state index is 12.7. The van der Waals surface area contributed by atoms with Gasteiger partial charge in [-0.2, -0.15) is 5.10 Å². The van der Waals surface area contributed by atoms with E-state index in [2.05, 4.69) is 11.5 Å². The summed E-state index contributed by atoms with van der Waals surface area (Å²) in [5, 5.41) is 8.51. The Bertz CT molecular complexity index is 1080. The third-order valence-electron chi connectivity index (χ3n) is 5.89. The van der Waals surface area contributed by atoms with Gasteiger partial charge < -0.3 is 14.5 Å². The molecular formula is C23H24ClN3O3. The number of halogens is 1. The van der Waals surface area contributed by atoms with E-state index in [1.807, 2.05) is 35.9 Å². The van der Waals surface area contributed by atoms with Crippen molar-refractivity contribution < 1.29 is 13.9 Å². The van der Waals surface area contributed by atoms with Crippen LogP contribution >= 0.6 is 11.6 Å². The first-order valence-corrected chi connectivity index (χ1v) is 10.8. The molecule has 1 fully saturated rings. The van der Waals surface area contributed by atoms with Crippen molar-refractivity contribution in [3.05, 3.63) is 63.7 Å². The molecule has 1 amide bonds. The molecule has 1 aromatic carbocycles. The van der Waals surface area contributed by atoms with Crippen LogP contribution in [0.5, 0.6) is 0 Å². The normalized spacial score (nSPS) is 17.6. The fourth-order valence-electron chi connectivity index (χ4n) is 4.33. The molecule has 30 heavy (non-hydrogen) atoms. The molecule has 2 aromatic heterocycles. The largest absolute Gasteiger partial charge is 0.455 e. The second-order valence-corrected chi connectivity index (χ2v) is 8.46. The first kappa shape index (κ1) is 19.4. The van der Waals surface area contributed by atoms with Gasteiger partial charge in [-0.05, 0) is 49.4 Å². The number of rotatable bonds is 5. The second kappa shape index (κ2) is 7.93. The molecule has 7 heteroatoms. The predicted octanol–water partition coefficient (Wildman–Crippen LogP) is 4.16. The van der Waals surface area contributed by atoms with Crippen LogP contribution in [0.2, 0.25) is 5.02 Å². The Kier molecular flexibility index (Phi) is 5.13. The summed E-state index contributed by atoms with van der Waals surface area (Å²) in [5.74, 6) is 1.05. The van der Waals surface area contributed by atoms with E-state index in [1.165, 1.54) is 5.56 Å². The summed E-state index contributed by atoms with van der Waals surface area (Å²) in [5.41, 5.74) is 5.06. The van der Waals surface area contributed by atoms with Gasteiger partial charge in [0.05, 0.1) is 18.3 Å². The molecule has 1 aliphatic heterocycles. The Balaban J connectivity index is 1.37. The van der Waals surface area contributed by atoms with Gasteiger partial charge in [0.1, 0.15) is 5.76 Å². The van der Waals surface area contributed by atoms with Crippen molar-refractivity contribution >= 4 is 17.5 Å². The molecule has 0 spiro atoms. The number of aromatic nitrogens is 2. The number of nitrogens with one attached hydrogen (secondary N) is 1. The van der Waals surface area contributed by atoms with Gasteiger partial charge in [0.15, 0.2) is 5.76 Å².